The van der Waals surface area contributed by atoms with Crippen molar-refractivity contribution in [1.82, 2.24) is 9.88 Å². The van der Waals surface area contributed by atoms with Crippen molar-refractivity contribution in [1.29, 1.82) is 0 Å². The summed E-state index contributed by atoms with van der Waals surface area (Å²) in [5.74, 6) is -0.0467. The van der Waals surface area contributed by atoms with Crippen molar-refractivity contribution < 1.29 is 18.0 Å². The van der Waals surface area contributed by atoms with Crippen LogP contribution in [0.15, 0.2) is 79.0 Å². The number of alkyl halides is 3. The average Bonchev–Trinajstić information content (AvgIpc) is 3.36. The van der Waals surface area contributed by atoms with E-state index in [4.69, 9.17) is 0 Å². The largest absolute Gasteiger partial charge is 0.416 e. The van der Waals surface area contributed by atoms with Gasteiger partial charge in [0.1, 0.15) is 0 Å². The minimum atomic E-state index is -4.37. The third kappa shape index (κ3) is 5.22. The molecule has 1 amide bonds. The first-order valence-corrected chi connectivity index (χ1v) is 12.7. The van der Waals surface area contributed by atoms with Crippen molar-refractivity contribution in [3.8, 4) is 0 Å². The van der Waals surface area contributed by atoms with Crippen molar-refractivity contribution in [2.24, 2.45) is 0 Å². The van der Waals surface area contributed by atoms with E-state index in [0.29, 0.717) is 38.3 Å². The predicted octanol–water partition coefficient (Wildman–Crippen LogP) is 6.62. The Kier molecular flexibility index (Phi) is 6.96. The maximum absolute atomic E-state index is 13.5. The normalized spacial score (nSPS) is 15.2. The summed E-state index contributed by atoms with van der Waals surface area (Å²) in [6, 6.07) is 21.8. The number of carbonyl (C=O) groups is 1. The molecule has 5 rings (SSSR count). The fourth-order valence-corrected chi connectivity index (χ4v) is 5.31. The van der Waals surface area contributed by atoms with E-state index >= 15 is 0 Å². The van der Waals surface area contributed by atoms with Gasteiger partial charge >= 0.3 is 6.18 Å². The Hall–Kier alpha value is -3.74. The van der Waals surface area contributed by atoms with Crippen molar-refractivity contribution in [2.75, 3.05) is 31.1 Å². The van der Waals surface area contributed by atoms with Gasteiger partial charge in [-0.3, -0.25) is 4.79 Å². The Labute approximate surface area is 214 Å². The highest BCUT2D eigenvalue weighted by atomic mass is 19.4. The number of piperazine rings is 1. The molecule has 4 aromatic rings. The number of nitrogens with one attached hydrogen (secondary N) is 1. The van der Waals surface area contributed by atoms with E-state index in [1.54, 1.807) is 6.07 Å². The van der Waals surface area contributed by atoms with Gasteiger partial charge in [-0.2, -0.15) is 13.2 Å². The number of aromatic nitrogens is 1. The summed E-state index contributed by atoms with van der Waals surface area (Å²) in [7, 11) is 0. The number of aryl methyl sites for hydroxylation is 1. The number of rotatable bonds is 6. The molecule has 1 atom stereocenters. The molecular weight excluding hydrogens is 475 g/mol. The molecule has 7 heteroatoms. The van der Waals surface area contributed by atoms with Gasteiger partial charge in [0.15, 0.2) is 0 Å². The summed E-state index contributed by atoms with van der Waals surface area (Å²) in [5, 5.41) is 1.13. The summed E-state index contributed by atoms with van der Waals surface area (Å²) < 4.78 is 39.4. The molecule has 3 aromatic carbocycles. The number of carbonyl (C=O) groups excluding carboxylic acids is 1. The molecular formula is C30H30F3N3O. The van der Waals surface area contributed by atoms with Gasteiger partial charge in [0.25, 0.3) is 0 Å². The average molecular weight is 506 g/mol. The van der Waals surface area contributed by atoms with Crippen LogP contribution in [0.25, 0.3) is 10.9 Å². The summed E-state index contributed by atoms with van der Waals surface area (Å²) >= 11 is 0. The molecule has 0 spiro atoms. The summed E-state index contributed by atoms with van der Waals surface area (Å²) in [6.07, 6.45) is -1.10. The zero-order valence-electron chi connectivity index (χ0n) is 20.8. The molecule has 0 saturated carbocycles. The Morgan fingerprint density at radius 2 is 1.68 bits per heavy atom. The second-order valence-electron chi connectivity index (χ2n) is 9.52. The lowest BCUT2D eigenvalue weighted by Crippen LogP contribution is -2.49. The SMILES string of the molecule is CCc1cccc2c(C(CC(=O)N3CCN(c4cccc(C(F)(F)F)c4)CC3)c3ccccc3)c[nH]c12. The quantitative estimate of drug-likeness (QED) is 0.320. The van der Waals surface area contributed by atoms with Crippen LogP contribution in [0.5, 0.6) is 0 Å². The number of benzene rings is 3. The van der Waals surface area contributed by atoms with Crippen LogP contribution in [-0.4, -0.2) is 42.0 Å². The second-order valence-corrected chi connectivity index (χ2v) is 9.52. The molecule has 1 aliphatic rings. The van der Waals surface area contributed by atoms with Crippen LogP contribution in [0.3, 0.4) is 0 Å². The number of H-pyrrole nitrogens is 1. The molecule has 1 unspecified atom stereocenters. The first kappa shape index (κ1) is 24.9. The van der Waals surface area contributed by atoms with E-state index in [2.05, 4.69) is 42.2 Å². The van der Waals surface area contributed by atoms with Gasteiger partial charge in [0.2, 0.25) is 5.91 Å². The monoisotopic (exact) mass is 505 g/mol. The van der Waals surface area contributed by atoms with Crippen molar-refractivity contribution in [2.45, 2.75) is 31.9 Å². The maximum atomic E-state index is 13.5. The number of hydrogen-bond donors (Lipinski definition) is 1. The van der Waals surface area contributed by atoms with Crippen LogP contribution in [0, 0.1) is 0 Å². The molecule has 0 bridgehead atoms. The number of nitrogens with zero attached hydrogens (tertiary/aromatic N) is 2. The minimum absolute atomic E-state index is 0.0542. The maximum Gasteiger partial charge on any atom is 0.416 e. The first-order chi connectivity index (χ1) is 17.8. The second kappa shape index (κ2) is 10.3. The molecule has 1 aliphatic heterocycles. The molecule has 2 heterocycles. The topological polar surface area (TPSA) is 39.3 Å². The fourth-order valence-electron chi connectivity index (χ4n) is 5.31. The summed E-state index contributed by atoms with van der Waals surface area (Å²) in [4.78, 5) is 20.7. The van der Waals surface area contributed by atoms with Crippen LogP contribution in [0.2, 0.25) is 0 Å². The molecule has 37 heavy (non-hydrogen) atoms. The Bertz CT molecular complexity index is 1370. The van der Waals surface area contributed by atoms with Gasteiger partial charge in [-0.1, -0.05) is 61.5 Å². The van der Waals surface area contributed by atoms with Crippen LogP contribution in [0.1, 0.15) is 41.5 Å². The standard InChI is InChI=1S/C30H30F3N3O/c1-2-21-10-6-13-25-27(20-34-29(21)25)26(22-8-4-3-5-9-22)19-28(37)36-16-14-35(15-17-36)24-12-7-11-23(18-24)30(31,32)33/h3-13,18,20,26,34H,2,14-17,19H2,1H3. The molecule has 1 fully saturated rings. The lowest BCUT2D eigenvalue weighted by molar-refractivity contribution is -0.137. The lowest BCUT2D eigenvalue weighted by atomic mass is 9.87. The van der Waals surface area contributed by atoms with Gasteiger partial charge in [-0.25, -0.2) is 0 Å². The third-order valence-electron chi connectivity index (χ3n) is 7.34. The van der Waals surface area contributed by atoms with Gasteiger partial charge in [0, 0.05) is 61.3 Å². The van der Waals surface area contributed by atoms with E-state index < -0.39 is 11.7 Å². The zero-order chi connectivity index (χ0) is 26.0. The smallest absolute Gasteiger partial charge is 0.368 e. The van der Waals surface area contributed by atoms with Crippen LogP contribution < -0.4 is 4.90 Å². The Morgan fingerprint density at radius 1 is 0.946 bits per heavy atom. The van der Waals surface area contributed by atoms with E-state index in [-0.39, 0.29) is 11.8 Å². The highest BCUT2D eigenvalue weighted by Gasteiger charge is 2.32. The van der Waals surface area contributed by atoms with Crippen molar-refractivity contribution in [3.63, 3.8) is 0 Å². The fraction of sp³-hybridized carbons (Fsp3) is 0.300. The number of anilines is 1. The zero-order valence-corrected chi connectivity index (χ0v) is 20.8. The van der Waals surface area contributed by atoms with E-state index in [9.17, 15) is 18.0 Å². The van der Waals surface area contributed by atoms with Crippen LogP contribution >= 0.6 is 0 Å². The van der Waals surface area contributed by atoms with Crippen LogP contribution in [0.4, 0.5) is 18.9 Å². The van der Waals surface area contributed by atoms with Gasteiger partial charge in [-0.15, -0.1) is 0 Å². The molecule has 4 nitrogen and oxygen atoms in total. The predicted molar refractivity (Wildman–Crippen MR) is 141 cm³/mol. The molecule has 1 aromatic heterocycles. The summed E-state index contributed by atoms with van der Waals surface area (Å²) in [6.45, 7) is 4.08. The molecule has 1 N–H and O–H groups in total. The highest BCUT2D eigenvalue weighted by molar-refractivity contribution is 5.88. The van der Waals surface area contributed by atoms with Gasteiger partial charge in [-0.05, 0) is 41.3 Å². The number of para-hydroxylation sites is 1. The van der Waals surface area contributed by atoms with Crippen LogP contribution in [-0.2, 0) is 17.4 Å². The Morgan fingerprint density at radius 3 is 2.38 bits per heavy atom. The molecule has 0 aliphatic carbocycles. The number of fused-ring (bicyclic) bond motifs is 1. The van der Waals surface area contributed by atoms with E-state index in [0.717, 1.165) is 34.5 Å². The van der Waals surface area contributed by atoms with Crippen molar-refractivity contribution in [3.05, 3.63) is 101 Å². The number of amides is 1. The van der Waals surface area contributed by atoms with E-state index in [1.807, 2.05) is 34.2 Å². The van der Waals surface area contributed by atoms with Gasteiger partial charge < -0.3 is 14.8 Å². The molecule has 1 saturated heterocycles. The third-order valence-corrected chi connectivity index (χ3v) is 7.34. The molecule has 192 valence electrons. The summed E-state index contributed by atoms with van der Waals surface area (Å²) in [5.41, 5.74) is 4.43. The Balaban J connectivity index is 1.34. The van der Waals surface area contributed by atoms with Gasteiger partial charge in [0.05, 0.1) is 5.56 Å². The van der Waals surface area contributed by atoms with E-state index in [1.165, 1.54) is 17.7 Å². The minimum Gasteiger partial charge on any atom is -0.368 e. The highest BCUT2D eigenvalue weighted by Crippen LogP contribution is 2.35. The van der Waals surface area contributed by atoms with Crippen molar-refractivity contribution >= 4 is 22.5 Å². The first-order valence-electron chi connectivity index (χ1n) is 12.7. The number of hydrogen-bond acceptors (Lipinski definition) is 2. The number of halogens is 3. The molecule has 0 radical (unpaired) electrons. The number of aromatic amines is 1. The lowest BCUT2D eigenvalue weighted by Gasteiger charge is -2.37.